The van der Waals surface area contributed by atoms with Crippen molar-refractivity contribution in [3.05, 3.63) is 11.6 Å². The minimum Gasteiger partial charge on any atom is -0.389 e. The molecule has 2 N–H and O–H groups in total. The number of rotatable bonds is 1. The number of hydrogen-bond acceptors (Lipinski definition) is 2. The Morgan fingerprint density at radius 1 is 1.10 bits per heavy atom. The van der Waals surface area contributed by atoms with E-state index in [4.69, 9.17) is 0 Å². The molecule has 0 bridgehead atoms. The van der Waals surface area contributed by atoms with Crippen molar-refractivity contribution in [1.82, 2.24) is 0 Å². The maximum Gasteiger partial charge on any atom is 0.426 e. The number of alkyl halides is 6. The van der Waals surface area contributed by atoms with Gasteiger partial charge in [0.2, 0.25) is 0 Å². The summed E-state index contributed by atoms with van der Waals surface area (Å²) in [4.78, 5) is 0. The third-order valence-electron chi connectivity index (χ3n) is 3.69. The van der Waals surface area contributed by atoms with Gasteiger partial charge in [-0.3, -0.25) is 0 Å². The third kappa shape index (κ3) is 2.55. The minimum atomic E-state index is -5.94. The van der Waals surface area contributed by atoms with Crippen LogP contribution < -0.4 is 0 Å². The van der Waals surface area contributed by atoms with E-state index < -0.39 is 35.4 Å². The second kappa shape index (κ2) is 4.62. The van der Waals surface area contributed by atoms with Gasteiger partial charge in [-0.05, 0) is 18.8 Å². The Labute approximate surface area is 112 Å². The Balaban J connectivity index is 3.50. The SMILES string of the molecule is CC1=C[C@H](O)[C@H](C(O)(C(F)(F)F)C(F)(F)F)C(C)(C)C1. The van der Waals surface area contributed by atoms with Crippen molar-refractivity contribution < 1.29 is 36.6 Å². The fraction of sp³-hybridized carbons (Fsp3) is 0.833. The zero-order valence-corrected chi connectivity index (χ0v) is 11.1. The molecule has 1 rings (SSSR count). The highest BCUT2D eigenvalue weighted by Gasteiger charge is 2.76. The van der Waals surface area contributed by atoms with Gasteiger partial charge in [0.05, 0.1) is 6.10 Å². The van der Waals surface area contributed by atoms with Crippen molar-refractivity contribution in [2.45, 2.75) is 51.2 Å². The largest absolute Gasteiger partial charge is 0.426 e. The van der Waals surface area contributed by atoms with Crippen molar-refractivity contribution in [3.8, 4) is 0 Å². The first-order valence-corrected chi connectivity index (χ1v) is 5.86. The molecular formula is C12H16F6O2. The van der Waals surface area contributed by atoms with Gasteiger partial charge in [0.15, 0.2) is 0 Å². The van der Waals surface area contributed by atoms with Crippen LogP contribution in [0.15, 0.2) is 11.6 Å². The monoisotopic (exact) mass is 306 g/mol. The first-order valence-electron chi connectivity index (χ1n) is 5.86. The lowest BCUT2D eigenvalue weighted by Gasteiger charge is -2.49. The molecule has 0 aromatic carbocycles. The Bertz CT molecular complexity index is 393. The van der Waals surface area contributed by atoms with E-state index in [0.29, 0.717) is 5.57 Å². The summed E-state index contributed by atoms with van der Waals surface area (Å²) in [6.45, 7) is 3.83. The summed E-state index contributed by atoms with van der Waals surface area (Å²) < 4.78 is 77.4. The predicted octanol–water partition coefficient (Wildman–Crippen LogP) is 3.20. The molecule has 8 heteroatoms. The topological polar surface area (TPSA) is 40.5 Å². The van der Waals surface area contributed by atoms with Gasteiger partial charge in [-0.15, -0.1) is 0 Å². The lowest BCUT2D eigenvalue weighted by Crippen LogP contribution is -2.67. The molecule has 1 aliphatic rings. The van der Waals surface area contributed by atoms with Gasteiger partial charge < -0.3 is 10.2 Å². The van der Waals surface area contributed by atoms with Gasteiger partial charge in [-0.25, -0.2) is 0 Å². The average molecular weight is 306 g/mol. The molecule has 0 spiro atoms. The highest BCUT2D eigenvalue weighted by molar-refractivity contribution is 5.19. The Morgan fingerprint density at radius 2 is 1.50 bits per heavy atom. The highest BCUT2D eigenvalue weighted by Crippen LogP contribution is 2.56. The van der Waals surface area contributed by atoms with Crippen LogP contribution in [0.3, 0.4) is 0 Å². The third-order valence-corrected chi connectivity index (χ3v) is 3.69. The summed E-state index contributed by atoms with van der Waals surface area (Å²) >= 11 is 0. The molecule has 0 heterocycles. The quantitative estimate of drug-likeness (QED) is 0.577. The smallest absolute Gasteiger partial charge is 0.389 e. The minimum absolute atomic E-state index is 0.0802. The van der Waals surface area contributed by atoms with E-state index in [1.165, 1.54) is 20.8 Å². The van der Waals surface area contributed by atoms with Gasteiger partial charge in [0.25, 0.3) is 5.60 Å². The number of aliphatic hydroxyl groups is 2. The summed E-state index contributed by atoms with van der Waals surface area (Å²) in [5, 5.41) is 19.2. The lowest BCUT2D eigenvalue weighted by molar-refractivity contribution is -0.399. The molecule has 2 atom stereocenters. The fourth-order valence-corrected chi connectivity index (χ4v) is 3.06. The van der Waals surface area contributed by atoms with E-state index in [0.717, 1.165) is 6.08 Å². The molecule has 2 nitrogen and oxygen atoms in total. The highest BCUT2D eigenvalue weighted by atomic mass is 19.4. The molecule has 0 aromatic rings. The summed E-state index contributed by atoms with van der Waals surface area (Å²) in [6, 6.07) is 0. The first kappa shape index (κ1) is 17.3. The van der Waals surface area contributed by atoms with Crippen LogP contribution in [0.5, 0.6) is 0 Å². The molecule has 1 aliphatic carbocycles. The molecule has 0 radical (unpaired) electrons. The molecule has 118 valence electrons. The maximum absolute atomic E-state index is 12.9. The van der Waals surface area contributed by atoms with Gasteiger partial charge in [0, 0.05) is 5.92 Å². The average Bonchev–Trinajstić information content (AvgIpc) is 2.09. The lowest BCUT2D eigenvalue weighted by atomic mass is 9.61. The Morgan fingerprint density at radius 3 is 1.80 bits per heavy atom. The van der Waals surface area contributed by atoms with E-state index in [-0.39, 0.29) is 6.42 Å². The second-order valence-electron chi connectivity index (χ2n) is 5.91. The van der Waals surface area contributed by atoms with Crippen molar-refractivity contribution in [3.63, 3.8) is 0 Å². The van der Waals surface area contributed by atoms with Crippen LogP contribution in [-0.2, 0) is 0 Å². The molecule has 0 unspecified atom stereocenters. The van der Waals surface area contributed by atoms with Crippen LogP contribution in [0.25, 0.3) is 0 Å². The number of allylic oxidation sites excluding steroid dienone is 1. The van der Waals surface area contributed by atoms with E-state index >= 15 is 0 Å². The zero-order valence-electron chi connectivity index (χ0n) is 11.1. The van der Waals surface area contributed by atoms with Gasteiger partial charge in [-0.2, -0.15) is 26.3 Å². The fourth-order valence-electron chi connectivity index (χ4n) is 3.06. The van der Waals surface area contributed by atoms with Crippen molar-refractivity contribution in [2.75, 3.05) is 0 Å². The van der Waals surface area contributed by atoms with Crippen LogP contribution in [0.4, 0.5) is 26.3 Å². The molecule has 20 heavy (non-hydrogen) atoms. The molecule has 0 aliphatic heterocycles. The molecule has 0 amide bonds. The van der Waals surface area contributed by atoms with Crippen LogP contribution in [0.2, 0.25) is 0 Å². The predicted molar refractivity (Wildman–Crippen MR) is 58.7 cm³/mol. The van der Waals surface area contributed by atoms with Gasteiger partial charge >= 0.3 is 12.4 Å². The zero-order chi connectivity index (χ0) is 16.1. The van der Waals surface area contributed by atoms with E-state index in [2.05, 4.69) is 0 Å². The normalized spacial score (nSPS) is 28.2. The molecule has 0 saturated carbocycles. The Hall–Kier alpha value is -0.760. The maximum atomic E-state index is 12.9. The summed E-state index contributed by atoms with van der Waals surface area (Å²) in [6.07, 6.45) is -13.1. The molecule has 0 saturated heterocycles. The Kier molecular flexibility index (Phi) is 4.00. The standard InChI is InChI=1S/C12H16F6O2/c1-6-4-7(19)8(9(2,3)5-6)10(20,11(13,14)15)12(16,17)18/h4,7-8,19-20H,5H2,1-3H3/t7-,8-/m0/s1. The van der Waals surface area contributed by atoms with E-state index in [9.17, 15) is 36.6 Å². The molecule has 0 aromatic heterocycles. The second-order valence-corrected chi connectivity index (χ2v) is 5.91. The van der Waals surface area contributed by atoms with Crippen LogP contribution in [-0.4, -0.2) is 34.3 Å². The first-order chi connectivity index (χ1) is 8.64. The van der Waals surface area contributed by atoms with Crippen molar-refractivity contribution in [1.29, 1.82) is 0 Å². The number of aliphatic hydroxyl groups excluding tert-OH is 1. The van der Waals surface area contributed by atoms with Crippen molar-refractivity contribution >= 4 is 0 Å². The molecule has 0 fully saturated rings. The van der Waals surface area contributed by atoms with E-state index in [1.54, 1.807) is 0 Å². The number of halogens is 6. The van der Waals surface area contributed by atoms with Gasteiger partial charge in [-0.1, -0.05) is 25.5 Å². The number of hydrogen-bond donors (Lipinski definition) is 2. The van der Waals surface area contributed by atoms with Crippen LogP contribution in [0, 0.1) is 11.3 Å². The van der Waals surface area contributed by atoms with E-state index in [1.807, 2.05) is 0 Å². The summed E-state index contributed by atoms with van der Waals surface area (Å²) in [7, 11) is 0. The van der Waals surface area contributed by atoms with Gasteiger partial charge in [0.1, 0.15) is 0 Å². The summed E-state index contributed by atoms with van der Waals surface area (Å²) in [5.74, 6) is -2.43. The van der Waals surface area contributed by atoms with Crippen molar-refractivity contribution in [2.24, 2.45) is 11.3 Å². The molecular weight excluding hydrogens is 290 g/mol. The van der Waals surface area contributed by atoms with Crippen LogP contribution >= 0.6 is 0 Å². The van der Waals surface area contributed by atoms with Crippen LogP contribution in [0.1, 0.15) is 27.2 Å². The summed E-state index contributed by atoms with van der Waals surface area (Å²) in [5.41, 5.74) is -6.05.